The van der Waals surface area contributed by atoms with Gasteiger partial charge in [0.15, 0.2) is 0 Å². The molecule has 0 radical (unpaired) electrons. The first-order valence-corrected chi connectivity index (χ1v) is 5.01. The molecule has 4 nitrogen and oxygen atoms in total. The summed E-state index contributed by atoms with van der Waals surface area (Å²) in [5.74, 6) is 0. The molecule has 1 atom stereocenters. The first-order chi connectivity index (χ1) is 6.38. The molecular formula is C9H20N2O2. The minimum atomic E-state index is 0.243. The van der Waals surface area contributed by atoms with E-state index >= 15 is 0 Å². The summed E-state index contributed by atoms with van der Waals surface area (Å²) in [5, 5.41) is 8.85. The van der Waals surface area contributed by atoms with E-state index in [0.29, 0.717) is 6.04 Å². The van der Waals surface area contributed by atoms with Gasteiger partial charge in [0.25, 0.3) is 0 Å². The maximum Gasteiger partial charge on any atom is 0.0623 e. The summed E-state index contributed by atoms with van der Waals surface area (Å²) in [6.07, 6.45) is 1.84. The Morgan fingerprint density at radius 2 is 2.38 bits per heavy atom. The van der Waals surface area contributed by atoms with Crippen LogP contribution in [0.25, 0.3) is 0 Å². The summed E-state index contributed by atoms with van der Waals surface area (Å²) >= 11 is 0. The third kappa shape index (κ3) is 3.60. The van der Waals surface area contributed by atoms with Crippen LogP contribution < -0.4 is 5.73 Å². The Kier molecular flexibility index (Phi) is 5.31. The van der Waals surface area contributed by atoms with Crippen molar-refractivity contribution in [3.63, 3.8) is 0 Å². The predicted octanol–water partition coefficient (Wildman–Crippen LogP) is -0.582. The van der Waals surface area contributed by atoms with Crippen LogP contribution in [0.4, 0.5) is 0 Å². The summed E-state index contributed by atoms with van der Waals surface area (Å²) in [7, 11) is 0. The van der Waals surface area contributed by atoms with Crippen molar-refractivity contribution in [3.8, 4) is 0 Å². The average molecular weight is 188 g/mol. The van der Waals surface area contributed by atoms with Gasteiger partial charge in [-0.25, -0.2) is 0 Å². The SMILES string of the molecule is NCCCN1CCOCC1CCO. The molecule has 0 spiro atoms. The number of morpholine rings is 1. The number of nitrogens with two attached hydrogens (primary N) is 1. The van der Waals surface area contributed by atoms with Gasteiger partial charge in [-0.3, -0.25) is 4.90 Å². The molecule has 3 N–H and O–H groups in total. The molecule has 1 aliphatic heterocycles. The van der Waals surface area contributed by atoms with Crippen LogP contribution in [0, 0.1) is 0 Å². The van der Waals surface area contributed by atoms with Gasteiger partial charge in [-0.2, -0.15) is 0 Å². The van der Waals surface area contributed by atoms with Crippen molar-refractivity contribution in [2.24, 2.45) is 5.73 Å². The zero-order valence-corrected chi connectivity index (χ0v) is 8.11. The quantitative estimate of drug-likeness (QED) is 0.606. The van der Waals surface area contributed by atoms with Crippen molar-refractivity contribution in [1.29, 1.82) is 0 Å². The van der Waals surface area contributed by atoms with Crippen molar-refractivity contribution in [1.82, 2.24) is 4.90 Å². The second kappa shape index (κ2) is 6.32. The molecule has 13 heavy (non-hydrogen) atoms. The van der Waals surface area contributed by atoms with Crippen LogP contribution in [0.2, 0.25) is 0 Å². The Labute approximate surface area is 79.7 Å². The third-order valence-corrected chi connectivity index (χ3v) is 2.46. The summed E-state index contributed by atoms with van der Waals surface area (Å²) in [6, 6.07) is 0.394. The largest absolute Gasteiger partial charge is 0.396 e. The van der Waals surface area contributed by atoms with Crippen molar-refractivity contribution in [2.75, 3.05) is 39.5 Å². The number of ether oxygens (including phenoxy) is 1. The smallest absolute Gasteiger partial charge is 0.0623 e. The Bertz CT molecular complexity index is 131. The molecule has 1 saturated heterocycles. The molecule has 0 saturated carbocycles. The normalized spacial score (nSPS) is 24.9. The highest BCUT2D eigenvalue weighted by Gasteiger charge is 2.21. The maximum atomic E-state index is 8.85. The highest BCUT2D eigenvalue weighted by Crippen LogP contribution is 2.10. The van der Waals surface area contributed by atoms with E-state index in [0.717, 1.165) is 45.7 Å². The van der Waals surface area contributed by atoms with Crippen LogP contribution in [0.5, 0.6) is 0 Å². The lowest BCUT2D eigenvalue weighted by Crippen LogP contribution is -2.46. The fourth-order valence-corrected chi connectivity index (χ4v) is 1.69. The number of aliphatic hydroxyl groups is 1. The molecule has 0 aromatic carbocycles. The van der Waals surface area contributed by atoms with Gasteiger partial charge in [-0.1, -0.05) is 0 Å². The van der Waals surface area contributed by atoms with Crippen molar-refractivity contribution >= 4 is 0 Å². The van der Waals surface area contributed by atoms with E-state index in [1.54, 1.807) is 0 Å². The third-order valence-electron chi connectivity index (χ3n) is 2.46. The lowest BCUT2D eigenvalue weighted by molar-refractivity contribution is -0.0155. The standard InChI is InChI=1S/C9H20N2O2/c10-3-1-4-11-5-7-13-8-9(11)2-6-12/h9,12H,1-8,10H2. The molecule has 78 valence electrons. The van der Waals surface area contributed by atoms with E-state index in [1.807, 2.05) is 0 Å². The maximum absolute atomic E-state index is 8.85. The van der Waals surface area contributed by atoms with E-state index in [1.165, 1.54) is 0 Å². The van der Waals surface area contributed by atoms with Gasteiger partial charge in [0.05, 0.1) is 13.2 Å². The van der Waals surface area contributed by atoms with E-state index in [-0.39, 0.29) is 6.61 Å². The second-order valence-electron chi connectivity index (χ2n) is 3.42. The minimum Gasteiger partial charge on any atom is -0.396 e. The topological polar surface area (TPSA) is 58.7 Å². The average Bonchev–Trinajstić information content (AvgIpc) is 2.17. The molecule has 1 rings (SSSR count). The number of hydrogen-bond acceptors (Lipinski definition) is 4. The molecule has 0 aliphatic carbocycles. The van der Waals surface area contributed by atoms with E-state index < -0.39 is 0 Å². The van der Waals surface area contributed by atoms with Gasteiger partial charge in [-0.05, 0) is 25.9 Å². The number of nitrogens with zero attached hydrogens (tertiary/aromatic N) is 1. The Balaban J connectivity index is 2.28. The van der Waals surface area contributed by atoms with Crippen LogP contribution in [-0.2, 0) is 4.74 Å². The lowest BCUT2D eigenvalue weighted by Gasteiger charge is -2.35. The molecule has 1 unspecified atom stereocenters. The zero-order valence-electron chi connectivity index (χ0n) is 8.11. The summed E-state index contributed by atoms with van der Waals surface area (Å²) in [6.45, 7) is 4.56. The van der Waals surface area contributed by atoms with Gasteiger partial charge in [-0.15, -0.1) is 0 Å². The fraction of sp³-hybridized carbons (Fsp3) is 1.00. The van der Waals surface area contributed by atoms with Crippen LogP contribution in [0.3, 0.4) is 0 Å². The molecule has 0 aromatic heterocycles. The Morgan fingerprint density at radius 1 is 1.54 bits per heavy atom. The first-order valence-electron chi connectivity index (χ1n) is 5.01. The zero-order chi connectivity index (χ0) is 9.52. The van der Waals surface area contributed by atoms with Crippen molar-refractivity contribution in [3.05, 3.63) is 0 Å². The monoisotopic (exact) mass is 188 g/mol. The molecule has 0 amide bonds. The molecule has 1 fully saturated rings. The Hall–Kier alpha value is -0.160. The number of rotatable bonds is 5. The fourth-order valence-electron chi connectivity index (χ4n) is 1.69. The van der Waals surface area contributed by atoms with Crippen molar-refractivity contribution < 1.29 is 9.84 Å². The molecular weight excluding hydrogens is 168 g/mol. The summed E-state index contributed by atoms with van der Waals surface area (Å²) < 4.78 is 5.36. The molecule has 1 aliphatic rings. The van der Waals surface area contributed by atoms with Gasteiger partial charge >= 0.3 is 0 Å². The predicted molar refractivity (Wildman–Crippen MR) is 51.6 cm³/mol. The lowest BCUT2D eigenvalue weighted by atomic mass is 10.1. The van der Waals surface area contributed by atoms with Crippen LogP contribution in [0.15, 0.2) is 0 Å². The van der Waals surface area contributed by atoms with Crippen LogP contribution in [-0.4, -0.2) is 55.5 Å². The van der Waals surface area contributed by atoms with Gasteiger partial charge in [0.1, 0.15) is 0 Å². The summed E-state index contributed by atoms with van der Waals surface area (Å²) in [5.41, 5.74) is 5.46. The summed E-state index contributed by atoms with van der Waals surface area (Å²) in [4.78, 5) is 2.37. The second-order valence-corrected chi connectivity index (χ2v) is 3.42. The Morgan fingerprint density at radius 3 is 3.08 bits per heavy atom. The van der Waals surface area contributed by atoms with Crippen molar-refractivity contribution in [2.45, 2.75) is 18.9 Å². The first kappa shape index (κ1) is 10.9. The van der Waals surface area contributed by atoms with Gasteiger partial charge in [0.2, 0.25) is 0 Å². The van der Waals surface area contributed by atoms with E-state index in [2.05, 4.69) is 4.90 Å². The van der Waals surface area contributed by atoms with Crippen LogP contribution >= 0.6 is 0 Å². The van der Waals surface area contributed by atoms with Gasteiger partial charge in [0, 0.05) is 19.2 Å². The van der Waals surface area contributed by atoms with Gasteiger partial charge < -0.3 is 15.6 Å². The molecule has 0 bridgehead atoms. The molecule has 4 heteroatoms. The molecule has 1 heterocycles. The van der Waals surface area contributed by atoms with E-state index in [4.69, 9.17) is 15.6 Å². The molecule has 0 aromatic rings. The van der Waals surface area contributed by atoms with E-state index in [9.17, 15) is 0 Å². The van der Waals surface area contributed by atoms with Crippen LogP contribution in [0.1, 0.15) is 12.8 Å². The minimum absolute atomic E-state index is 0.243. The highest BCUT2D eigenvalue weighted by atomic mass is 16.5. The highest BCUT2D eigenvalue weighted by molar-refractivity contribution is 4.74. The number of hydrogen-bond donors (Lipinski definition) is 2. The number of aliphatic hydroxyl groups excluding tert-OH is 1.